The molecule has 1 heterocycles. The molecule has 0 amide bonds. The molecule has 0 saturated heterocycles. The molecule has 1 atom stereocenters. The maximum Gasteiger partial charge on any atom is 0.196 e. The molecule has 1 aromatic heterocycles. The Kier molecular flexibility index (Phi) is 3.47. The molecule has 16 heavy (non-hydrogen) atoms. The van der Waals surface area contributed by atoms with Gasteiger partial charge in [0.25, 0.3) is 0 Å². The molecule has 2 rings (SSSR count). The van der Waals surface area contributed by atoms with Crippen LogP contribution in [0.25, 0.3) is 11.0 Å². The predicted octanol–water partition coefficient (Wildman–Crippen LogP) is 3.58. The lowest BCUT2D eigenvalue weighted by atomic mass is 10.2. The van der Waals surface area contributed by atoms with Crippen molar-refractivity contribution in [1.29, 1.82) is 0 Å². The summed E-state index contributed by atoms with van der Waals surface area (Å²) in [5.41, 5.74) is 0.870. The zero-order valence-electron chi connectivity index (χ0n) is 9.60. The standard InChI is InChI=1S/C13H16O3/c1-3-7-14-10(2)16-12-4-5-13-11(9-12)6-8-15-13/h4-6,8-10H,3,7H2,1-2H3. The molecule has 0 fully saturated rings. The van der Waals surface area contributed by atoms with Gasteiger partial charge in [0.1, 0.15) is 11.3 Å². The first-order chi connectivity index (χ1) is 7.79. The molecule has 0 radical (unpaired) electrons. The number of ether oxygens (including phenoxy) is 2. The predicted molar refractivity (Wildman–Crippen MR) is 62.5 cm³/mol. The summed E-state index contributed by atoms with van der Waals surface area (Å²) in [5.74, 6) is 0.803. The lowest BCUT2D eigenvalue weighted by Gasteiger charge is -2.14. The second kappa shape index (κ2) is 5.03. The van der Waals surface area contributed by atoms with Crippen LogP contribution < -0.4 is 4.74 Å². The van der Waals surface area contributed by atoms with Crippen LogP contribution >= 0.6 is 0 Å². The molecule has 3 nitrogen and oxygen atoms in total. The minimum Gasteiger partial charge on any atom is -0.465 e. The molecule has 0 N–H and O–H groups in total. The third-order valence-corrected chi connectivity index (χ3v) is 2.28. The van der Waals surface area contributed by atoms with Gasteiger partial charge in [-0.15, -0.1) is 0 Å². The summed E-state index contributed by atoms with van der Waals surface area (Å²) in [6, 6.07) is 7.65. The maximum absolute atomic E-state index is 5.63. The molecule has 0 aliphatic heterocycles. The average Bonchev–Trinajstić information content (AvgIpc) is 2.73. The topological polar surface area (TPSA) is 31.6 Å². The van der Waals surface area contributed by atoms with Crippen LogP contribution in [-0.2, 0) is 4.74 Å². The summed E-state index contributed by atoms with van der Waals surface area (Å²) < 4.78 is 16.3. The molecule has 2 aromatic rings. The van der Waals surface area contributed by atoms with Crippen LogP contribution in [-0.4, -0.2) is 12.9 Å². The fourth-order valence-corrected chi connectivity index (χ4v) is 1.53. The Morgan fingerprint density at radius 1 is 1.31 bits per heavy atom. The number of furan rings is 1. The van der Waals surface area contributed by atoms with E-state index in [1.807, 2.05) is 31.2 Å². The third kappa shape index (κ3) is 2.55. The van der Waals surface area contributed by atoms with Crippen molar-refractivity contribution in [3.63, 3.8) is 0 Å². The molecule has 3 heteroatoms. The van der Waals surface area contributed by atoms with Crippen molar-refractivity contribution in [3.05, 3.63) is 30.5 Å². The molecule has 0 bridgehead atoms. The SMILES string of the molecule is CCCOC(C)Oc1ccc2occc2c1. The first-order valence-electron chi connectivity index (χ1n) is 5.55. The van der Waals surface area contributed by atoms with Crippen molar-refractivity contribution in [2.45, 2.75) is 26.6 Å². The van der Waals surface area contributed by atoms with E-state index in [2.05, 4.69) is 6.92 Å². The van der Waals surface area contributed by atoms with E-state index in [4.69, 9.17) is 13.9 Å². The molecule has 0 aliphatic carbocycles. The van der Waals surface area contributed by atoms with Crippen LogP contribution in [0.2, 0.25) is 0 Å². The lowest BCUT2D eigenvalue weighted by molar-refractivity contribution is -0.0662. The van der Waals surface area contributed by atoms with E-state index >= 15 is 0 Å². The Morgan fingerprint density at radius 2 is 2.19 bits per heavy atom. The van der Waals surface area contributed by atoms with E-state index in [1.165, 1.54) is 0 Å². The number of benzene rings is 1. The zero-order chi connectivity index (χ0) is 11.4. The molecular formula is C13H16O3. The van der Waals surface area contributed by atoms with E-state index < -0.39 is 0 Å². The highest BCUT2D eigenvalue weighted by Gasteiger charge is 2.05. The molecule has 0 aliphatic rings. The van der Waals surface area contributed by atoms with Crippen molar-refractivity contribution >= 4 is 11.0 Å². The van der Waals surface area contributed by atoms with Gasteiger partial charge in [0.2, 0.25) is 0 Å². The third-order valence-electron chi connectivity index (χ3n) is 2.28. The number of fused-ring (bicyclic) bond motifs is 1. The van der Waals surface area contributed by atoms with Gasteiger partial charge in [0, 0.05) is 5.39 Å². The smallest absolute Gasteiger partial charge is 0.196 e. The van der Waals surface area contributed by atoms with E-state index in [0.717, 1.165) is 29.7 Å². The van der Waals surface area contributed by atoms with Crippen LogP contribution in [0.3, 0.4) is 0 Å². The highest BCUT2D eigenvalue weighted by atomic mass is 16.7. The van der Waals surface area contributed by atoms with Gasteiger partial charge in [0.05, 0.1) is 12.9 Å². The van der Waals surface area contributed by atoms with E-state index in [1.54, 1.807) is 6.26 Å². The molecular weight excluding hydrogens is 204 g/mol. The fourth-order valence-electron chi connectivity index (χ4n) is 1.53. The van der Waals surface area contributed by atoms with Gasteiger partial charge in [-0.2, -0.15) is 0 Å². The lowest BCUT2D eigenvalue weighted by Crippen LogP contribution is -2.16. The first-order valence-corrected chi connectivity index (χ1v) is 5.55. The van der Waals surface area contributed by atoms with Gasteiger partial charge >= 0.3 is 0 Å². The van der Waals surface area contributed by atoms with Gasteiger partial charge in [-0.1, -0.05) is 6.92 Å². The Labute approximate surface area is 95.0 Å². The van der Waals surface area contributed by atoms with Crippen molar-refractivity contribution in [1.82, 2.24) is 0 Å². The van der Waals surface area contributed by atoms with Gasteiger partial charge in [-0.05, 0) is 37.6 Å². The van der Waals surface area contributed by atoms with Gasteiger partial charge in [0.15, 0.2) is 6.29 Å². The highest BCUT2D eigenvalue weighted by molar-refractivity contribution is 5.78. The van der Waals surface area contributed by atoms with Crippen molar-refractivity contribution in [3.8, 4) is 5.75 Å². The minimum absolute atomic E-state index is 0.218. The Morgan fingerprint density at radius 3 is 3.00 bits per heavy atom. The van der Waals surface area contributed by atoms with Crippen molar-refractivity contribution in [2.24, 2.45) is 0 Å². The second-order valence-corrected chi connectivity index (χ2v) is 3.68. The van der Waals surface area contributed by atoms with Crippen LogP contribution in [0.5, 0.6) is 5.75 Å². The summed E-state index contributed by atoms with van der Waals surface area (Å²) in [7, 11) is 0. The minimum atomic E-state index is -0.218. The molecule has 86 valence electrons. The van der Waals surface area contributed by atoms with Gasteiger partial charge in [-0.3, -0.25) is 0 Å². The Hall–Kier alpha value is -1.48. The Balaban J connectivity index is 2.03. The Bertz CT molecular complexity index is 447. The molecule has 0 saturated carbocycles. The summed E-state index contributed by atoms with van der Waals surface area (Å²) in [4.78, 5) is 0. The summed E-state index contributed by atoms with van der Waals surface area (Å²) >= 11 is 0. The second-order valence-electron chi connectivity index (χ2n) is 3.68. The normalized spacial score (nSPS) is 12.9. The van der Waals surface area contributed by atoms with Crippen molar-refractivity contribution in [2.75, 3.05) is 6.61 Å². The molecule has 1 unspecified atom stereocenters. The summed E-state index contributed by atoms with van der Waals surface area (Å²) in [6.07, 6.45) is 2.45. The largest absolute Gasteiger partial charge is 0.465 e. The van der Waals surface area contributed by atoms with Crippen LogP contribution in [0.4, 0.5) is 0 Å². The van der Waals surface area contributed by atoms with Gasteiger partial charge in [-0.25, -0.2) is 0 Å². The highest BCUT2D eigenvalue weighted by Crippen LogP contribution is 2.22. The van der Waals surface area contributed by atoms with E-state index in [9.17, 15) is 0 Å². The monoisotopic (exact) mass is 220 g/mol. The first kappa shape index (κ1) is 11.0. The number of hydrogen-bond donors (Lipinski definition) is 0. The van der Waals surface area contributed by atoms with Crippen molar-refractivity contribution < 1.29 is 13.9 Å². The summed E-state index contributed by atoms with van der Waals surface area (Å²) in [5, 5.41) is 1.04. The number of rotatable bonds is 5. The average molecular weight is 220 g/mol. The van der Waals surface area contributed by atoms with E-state index in [-0.39, 0.29) is 6.29 Å². The molecule has 0 spiro atoms. The van der Waals surface area contributed by atoms with Crippen LogP contribution in [0.15, 0.2) is 34.9 Å². The van der Waals surface area contributed by atoms with Gasteiger partial charge < -0.3 is 13.9 Å². The molecule has 1 aromatic carbocycles. The van der Waals surface area contributed by atoms with E-state index in [0.29, 0.717) is 0 Å². The maximum atomic E-state index is 5.63. The van der Waals surface area contributed by atoms with Crippen LogP contribution in [0.1, 0.15) is 20.3 Å². The zero-order valence-corrected chi connectivity index (χ0v) is 9.60. The fraction of sp³-hybridized carbons (Fsp3) is 0.385. The van der Waals surface area contributed by atoms with Crippen LogP contribution in [0, 0.1) is 0 Å². The summed E-state index contributed by atoms with van der Waals surface area (Å²) in [6.45, 7) is 4.69. The number of hydrogen-bond acceptors (Lipinski definition) is 3. The quantitative estimate of drug-likeness (QED) is 0.722.